The highest BCUT2D eigenvalue weighted by Crippen LogP contribution is 2.32. The number of rotatable bonds is 10. The Hall–Kier alpha value is -0.120. The van der Waals surface area contributed by atoms with E-state index in [2.05, 4.69) is 37.5 Å². The molecule has 21 heavy (non-hydrogen) atoms. The number of hydrogen-bond donors (Lipinski definition) is 1. The van der Waals surface area contributed by atoms with Crippen LogP contribution in [0.15, 0.2) is 0 Å². The van der Waals surface area contributed by atoms with Crippen LogP contribution in [0.5, 0.6) is 0 Å². The van der Waals surface area contributed by atoms with Crippen molar-refractivity contribution >= 4 is 0 Å². The van der Waals surface area contributed by atoms with Crippen LogP contribution in [0.4, 0.5) is 0 Å². The fourth-order valence-corrected chi connectivity index (χ4v) is 3.91. The van der Waals surface area contributed by atoms with Crippen molar-refractivity contribution in [1.82, 2.24) is 9.80 Å². The molecule has 0 saturated heterocycles. The van der Waals surface area contributed by atoms with Crippen LogP contribution in [0.25, 0.3) is 0 Å². The van der Waals surface area contributed by atoms with Crippen molar-refractivity contribution < 1.29 is 0 Å². The molecular weight excluding hydrogens is 258 g/mol. The van der Waals surface area contributed by atoms with Crippen molar-refractivity contribution in [3.8, 4) is 0 Å². The van der Waals surface area contributed by atoms with Gasteiger partial charge in [-0.15, -0.1) is 0 Å². The molecule has 0 radical (unpaired) electrons. The average Bonchev–Trinajstić information content (AvgIpc) is 2.52. The van der Waals surface area contributed by atoms with Crippen LogP contribution in [0.1, 0.15) is 59.8 Å². The molecule has 1 unspecified atom stereocenters. The lowest BCUT2D eigenvalue weighted by molar-refractivity contribution is 0.111. The lowest BCUT2D eigenvalue weighted by Gasteiger charge is -2.39. The van der Waals surface area contributed by atoms with Gasteiger partial charge in [0.1, 0.15) is 0 Å². The third kappa shape index (κ3) is 6.25. The van der Waals surface area contributed by atoms with Gasteiger partial charge in [0.05, 0.1) is 0 Å². The third-order valence-electron chi connectivity index (χ3n) is 5.54. The van der Waals surface area contributed by atoms with E-state index in [0.717, 1.165) is 24.9 Å². The highest BCUT2D eigenvalue weighted by atomic mass is 15.2. The monoisotopic (exact) mass is 297 g/mol. The number of nitrogens with zero attached hydrogens (tertiary/aromatic N) is 2. The summed E-state index contributed by atoms with van der Waals surface area (Å²) in [6.45, 7) is 16.0. The Bertz CT molecular complexity index is 245. The molecule has 126 valence electrons. The van der Waals surface area contributed by atoms with Crippen LogP contribution in [0.2, 0.25) is 0 Å². The molecule has 0 bridgehead atoms. The van der Waals surface area contributed by atoms with Crippen LogP contribution in [0, 0.1) is 11.8 Å². The van der Waals surface area contributed by atoms with E-state index >= 15 is 0 Å². The molecule has 1 aliphatic rings. The van der Waals surface area contributed by atoms with Gasteiger partial charge in [-0.05, 0) is 63.8 Å². The number of hydrogen-bond acceptors (Lipinski definition) is 3. The Balaban J connectivity index is 2.43. The van der Waals surface area contributed by atoms with Gasteiger partial charge in [0.2, 0.25) is 0 Å². The van der Waals surface area contributed by atoms with E-state index < -0.39 is 0 Å². The summed E-state index contributed by atoms with van der Waals surface area (Å²) in [6, 6.07) is 0.610. The summed E-state index contributed by atoms with van der Waals surface area (Å²) in [5.41, 5.74) is 6.15. The molecule has 1 fully saturated rings. The number of nitrogens with two attached hydrogens (primary N) is 1. The van der Waals surface area contributed by atoms with Crippen LogP contribution < -0.4 is 5.73 Å². The van der Waals surface area contributed by atoms with Gasteiger partial charge in [0, 0.05) is 12.6 Å². The second kappa shape index (κ2) is 10.6. The Morgan fingerprint density at radius 1 is 0.952 bits per heavy atom. The molecule has 0 aromatic rings. The van der Waals surface area contributed by atoms with Gasteiger partial charge in [0.15, 0.2) is 0 Å². The minimum Gasteiger partial charge on any atom is -0.329 e. The molecule has 0 heterocycles. The zero-order valence-corrected chi connectivity index (χ0v) is 15.0. The second-order valence-corrected chi connectivity index (χ2v) is 6.83. The molecule has 1 saturated carbocycles. The SMILES string of the molecule is CCN(CC)CCCN(CC)C(CN)C1CCC(C)CC1. The van der Waals surface area contributed by atoms with Crippen molar-refractivity contribution in [3.05, 3.63) is 0 Å². The zero-order chi connectivity index (χ0) is 15.7. The smallest absolute Gasteiger partial charge is 0.0246 e. The molecule has 0 spiro atoms. The van der Waals surface area contributed by atoms with Gasteiger partial charge in [-0.25, -0.2) is 0 Å². The van der Waals surface area contributed by atoms with Crippen molar-refractivity contribution in [2.75, 3.05) is 39.3 Å². The third-order valence-corrected chi connectivity index (χ3v) is 5.54. The summed E-state index contributed by atoms with van der Waals surface area (Å²) < 4.78 is 0. The lowest BCUT2D eigenvalue weighted by Crippen LogP contribution is -2.47. The molecule has 3 heteroatoms. The predicted molar refractivity (Wildman–Crippen MR) is 93.6 cm³/mol. The topological polar surface area (TPSA) is 32.5 Å². The van der Waals surface area contributed by atoms with Gasteiger partial charge in [0.25, 0.3) is 0 Å². The molecule has 1 atom stereocenters. The Morgan fingerprint density at radius 2 is 1.57 bits per heavy atom. The van der Waals surface area contributed by atoms with Crippen LogP contribution in [0.3, 0.4) is 0 Å². The van der Waals surface area contributed by atoms with Crippen molar-refractivity contribution in [2.45, 2.75) is 65.8 Å². The van der Waals surface area contributed by atoms with E-state index in [0.29, 0.717) is 6.04 Å². The summed E-state index contributed by atoms with van der Waals surface area (Å²) in [6.07, 6.45) is 6.84. The van der Waals surface area contributed by atoms with E-state index in [1.54, 1.807) is 0 Å². The van der Waals surface area contributed by atoms with E-state index in [-0.39, 0.29) is 0 Å². The number of likely N-dealkylation sites (N-methyl/N-ethyl adjacent to an activating group) is 1. The molecule has 0 aliphatic heterocycles. The van der Waals surface area contributed by atoms with Gasteiger partial charge >= 0.3 is 0 Å². The summed E-state index contributed by atoms with van der Waals surface area (Å²) in [5, 5.41) is 0. The Morgan fingerprint density at radius 3 is 2.05 bits per heavy atom. The van der Waals surface area contributed by atoms with Crippen LogP contribution in [-0.2, 0) is 0 Å². The largest absolute Gasteiger partial charge is 0.329 e. The first-order valence-electron chi connectivity index (χ1n) is 9.32. The van der Waals surface area contributed by atoms with Crippen molar-refractivity contribution in [3.63, 3.8) is 0 Å². The first-order valence-corrected chi connectivity index (χ1v) is 9.32. The van der Waals surface area contributed by atoms with Crippen LogP contribution >= 0.6 is 0 Å². The Labute approximate surface area is 133 Å². The predicted octanol–water partition coefficient (Wildman–Crippen LogP) is 3.19. The molecular formula is C18H39N3. The highest BCUT2D eigenvalue weighted by Gasteiger charge is 2.28. The van der Waals surface area contributed by atoms with E-state index in [9.17, 15) is 0 Å². The summed E-state index contributed by atoms with van der Waals surface area (Å²) >= 11 is 0. The normalized spacial score (nSPS) is 24.7. The van der Waals surface area contributed by atoms with Gasteiger partial charge in [-0.3, -0.25) is 4.90 Å². The fraction of sp³-hybridized carbons (Fsp3) is 1.00. The van der Waals surface area contributed by atoms with E-state index in [1.807, 2.05) is 0 Å². The molecule has 3 nitrogen and oxygen atoms in total. The second-order valence-electron chi connectivity index (χ2n) is 6.83. The minimum atomic E-state index is 0.610. The maximum absolute atomic E-state index is 6.15. The first-order chi connectivity index (χ1) is 10.2. The van der Waals surface area contributed by atoms with Crippen molar-refractivity contribution in [2.24, 2.45) is 17.6 Å². The van der Waals surface area contributed by atoms with E-state index in [4.69, 9.17) is 5.73 Å². The molecule has 0 aromatic heterocycles. The molecule has 0 amide bonds. The minimum absolute atomic E-state index is 0.610. The molecule has 1 aliphatic carbocycles. The van der Waals surface area contributed by atoms with Gasteiger partial charge in [-0.2, -0.15) is 0 Å². The molecule has 2 N–H and O–H groups in total. The summed E-state index contributed by atoms with van der Waals surface area (Å²) in [4.78, 5) is 5.18. The first kappa shape index (κ1) is 18.9. The molecule has 1 rings (SSSR count). The van der Waals surface area contributed by atoms with E-state index in [1.165, 1.54) is 58.3 Å². The lowest BCUT2D eigenvalue weighted by atomic mass is 9.78. The Kier molecular flexibility index (Phi) is 9.54. The zero-order valence-electron chi connectivity index (χ0n) is 15.0. The van der Waals surface area contributed by atoms with Gasteiger partial charge in [-0.1, -0.05) is 40.5 Å². The maximum atomic E-state index is 6.15. The maximum Gasteiger partial charge on any atom is 0.0246 e. The fourth-order valence-electron chi connectivity index (χ4n) is 3.91. The summed E-state index contributed by atoms with van der Waals surface area (Å²) in [7, 11) is 0. The van der Waals surface area contributed by atoms with Crippen molar-refractivity contribution in [1.29, 1.82) is 0 Å². The standard InChI is InChI=1S/C18H39N3/c1-5-20(6-2)13-8-14-21(7-3)18(15-19)17-11-9-16(4)10-12-17/h16-18H,5-15,19H2,1-4H3. The highest BCUT2D eigenvalue weighted by molar-refractivity contribution is 4.83. The van der Waals surface area contributed by atoms with Crippen LogP contribution in [-0.4, -0.2) is 55.1 Å². The van der Waals surface area contributed by atoms with Gasteiger partial charge < -0.3 is 10.6 Å². The molecule has 0 aromatic carbocycles. The average molecular weight is 298 g/mol. The quantitative estimate of drug-likeness (QED) is 0.672. The summed E-state index contributed by atoms with van der Waals surface area (Å²) in [5.74, 6) is 1.76.